The molecule has 0 aliphatic carbocycles. The van der Waals surface area contributed by atoms with Crippen molar-refractivity contribution in [3.8, 4) is 0 Å². The summed E-state index contributed by atoms with van der Waals surface area (Å²) >= 11 is 0. The number of nitrogens with two attached hydrogens (primary N) is 1. The first-order chi connectivity index (χ1) is 27.1. The molecule has 0 aliphatic heterocycles. The number of phosphoric acid groups is 1. The van der Waals surface area contributed by atoms with Crippen LogP contribution in [0.2, 0.25) is 0 Å². The fraction of sp³-hybridized carbons (Fsp3) is 0.705. The van der Waals surface area contributed by atoms with Crippen molar-refractivity contribution >= 4 is 25.7 Å². The van der Waals surface area contributed by atoms with Gasteiger partial charge in [-0.05, 0) is 77.0 Å². The average molecular weight is 810 g/mol. The summed E-state index contributed by atoms with van der Waals surface area (Å²) in [6, 6.07) is -1.53. The molecule has 3 atom stereocenters. The number of hydrogen-bond donors (Lipinski definition) is 3. The fourth-order valence-corrected chi connectivity index (χ4v) is 6.18. The summed E-state index contributed by atoms with van der Waals surface area (Å²) in [7, 11) is -4.73. The normalized spacial score (nSPS) is 14.4. The molecule has 0 saturated heterocycles. The van der Waals surface area contributed by atoms with E-state index in [0.29, 0.717) is 12.8 Å². The highest BCUT2D eigenvalue weighted by atomic mass is 31.2. The Bertz CT molecular complexity index is 1180. The van der Waals surface area contributed by atoms with Gasteiger partial charge < -0.3 is 25.2 Å². The van der Waals surface area contributed by atoms with E-state index in [0.717, 1.165) is 57.8 Å². The summed E-state index contributed by atoms with van der Waals surface area (Å²) < 4.78 is 32.6. The maximum atomic E-state index is 12.6. The first-order valence-electron chi connectivity index (χ1n) is 21.3. The third-order valence-electron chi connectivity index (χ3n) is 8.75. The second kappa shape index (κ2) is 39.0. The third kappa shape index (κ3) is 38.1. The lowest BCUT2D eigenvalue weighted by atomic mass is 10.1. The number of unbranched alkanes of at least 4 members (excludes halogenated alkanes) is 15. The van der Waals surface area contributed by atoms with Crippen LogP contribution in [0, 0.1) is 0 Å². The molecule has 1 unspecified atom stereocenters. The summed E-state index contributed by atoms with van der Waals surface area (Å²) in [6.07, 6.45) is 44.3. The number of allylic oxidation sites excluding steroid dienone is 10. The Morgan fingerprint density at radius 3 is 1.55 bits per heavy atom. The van der Waals surface area contributed by atoms with Gasteiger partial charge in [0.05, 0.1) is 13.2 Å². The molecule has 4 N–H and O–H groups in total. The van der Waals surface area contributed by atoms with Gasteiger partial charge in [0.1, 0.15) is 12.6 Å². The quantitative estimate of drug-likeness (QED) is 0.0233. The molecule has 0 saturated carbocycles. The van der Waals surface area contributed by atoms with Crippen LogP contribution in [-0.2, 0) is 37.5 Å². The van der Waals surface area contributed by atoms with E-state index in [1.54, 1.807) is 0 Å². The molecule has 0 radical (unpaired) electrons. The lowest BCUT2D eigenvalue weighted by Gasteiger charge is -2.20. The van der Waals surface area contributed by atoms with Crippen molar-refractivity contribution in [1.29, 1.82) is 0 Å². The zero-order chi connectivity index (χ0) is 41.4. The number of carbonyl (C=O) groups excluding carboxylic acids is 2. The van der Waals surface area contributed by atoms with Crippen molar-refractivity contribution < 1.29 is 47.5 Å². The van der Waals surface area contributed by atoms with E-state index in [1.165, 1.54) is 70.6 Å². The molecule has 56 heavy (non-hydrogen) atoms. The second-order valence-electron chi connectivity index (χ2n) is 14.1. The molecule has 0 heterocycles. The van der Waals surface area contributed by atoms with Gasteiger partial charge in [-0.1, -0.05) is 139 Å². The van der Waals surface area contributed by atoms with Crippen molar-refractivity contribution in [3.63, 3.8) is 0 Å². The van der Waals surface area contributed by atoms with E-state index in [4.69, 9.17) is 24.8 Å². The highest BCUT2D eigenvalue weighted by Crippen LogP contribution is 2.43. The average Bonchev–Trinajstić information content (AvgIpc) is 3.17. The summed E-state index contributed by atoms with van der Waals surface area (Å²) in [5, 5.41) is 8.88. The van der Waals surface area contributed by atoms with Crippen LogP contribution in [0.25, 0.3) is 0 Å². The molecule has 0 aromatic heterocycles. The van der Waals surface area contributed by atoms with Gasteiger partial charge in [-0.25, -0.2) is 4.57 Å². The van der Waals surface area contributed by atoms with Crippen LogP contribution >= 0.6 is 7.82 Å². The number of aliphatic carboxylic acids is 1. The van der Waals surface area contributed by atoms with E-state index in [-0.39, 0.29) is 19.4 Å². The molecular weight excluding hydrogens is 733 g/mol. The summed E-state index contributed by atoms with van der Waals surface area (Å²) in [6.45, 7) is 2.62. The van der Waals surface area contributed by atoms with Gasteiger partial charge in [-0.2, -0.15) is 0 Å². The first kappa shape index (κ1) is 53.2. The van der Waals surface area contributed by atoms with Crippen molar-refractivity contribution in [2.75, 3.05) is 19.8 Å². The van der Waals surface area contributed by atoms with E-state index in [9.17, 15) is 23.8 Å². The molecule has 0 rings (SSSR count). The van der Waals surface area contributed by atoms with Gasteiger partial charge in [0.2, 0.25) is 0 Å². The van der Waals surface area contributed by atoms with E-state index in [2.05, 4.69) is 79.1 Å². The van der Waals surface area contributed by atoms with Gasteiger partial charge in [-0.3, -0.25) is 23.4 Å². The van der Waals surface area contributed by atoms with Gasteiger partial charge in [0.25, 0.3) is 0 Å². The van der Waals surface area contributed by atoms with E-state index in [1.807, 2.05) is 0 Å². The standard InChI is InChI=1S/C44H76NO10P/c1-3-5-7-9-11-13-15-17-19-20-22-23-25-27-29-31-33-35-42(46)52-37-40(38-53-56(50,51)54-39-41(45)44(48)49)55-43(47)36-34-32-30-28-26-24-21-18-16-14-12-10-8-6-4-2/h6,8,12-15,18,21,26,28,40-41H,3-5,7,9-11,16-17,19-20,22-25,27,29-39,45H2,1-2H3,(H,48,49)(H,50,51)/b8-6+,14-12+,15-13+,21-18+,28-26+/t40-,41+/m1/s1. The highest BCUT2D eigenvalue weighted by Gasteiger charge is 2.28. The zero-order valence-corrected chi connectivity index (χ0v) is 35.6. The Morgan fingerprint density at radius 1 is 0.571 bits per heavy atom. The number of ether oxygens (including phenoxy) is 2. The summed E-state index contributed by atoms with van der Waals surface area (Å²) in [4.78, 5) is 45.9. The Morgan fingerprint density at radius 2 is 1.00 bits per heavy atom. The molecule has 0 bridgehead atoms. The van der Waals surface area contributed by atoms with Crippen molar-refractivity contribution in [2.45, 2.75) is 180 Å². The van der Waals surface area contributed by atoms with Crippen molar-refractivity contribution in [3.05, 3.63) is 60.8 Å². The lowest BCUT2D eigenvalue weighted by Crippen LogP contribution is -2.34. The molecule has 11 nitrogen and oxygen atoms in total. The van der Waals surface area contributed by atoms with Crippen LogP contribution in [0.15, 0.2) is 60.8 Å². The number of carbonyl (C=O) groups is 3. The Balaban J connectivity index is 4.43. The topological polar surface area (TPSA) is 172 Å². The van der Waals surface area contributed by atoms with E-state index < -0.39 is 51.1 Å². The van der Waals surface area contributed by atoms with Crippen LogP contribution < -0.4 is 5.73 Å². The molecule has 0 spiro atoms. The number of phosphoric ester groups is 1. The molecule has 12 heteroatoms. The molecule has 0 aromatic carbocycles. The number of esters is 2. The molecule has 0 fully saturated rings. The van der Waals surface area contributed by atoms with Gasteiger partial charge >= 0.3 is 25.7 Å². The van der Waals surface area contributed by atoms with E-state index >= 15 is 0 Å². The Labute approximate surface area is 338 Å². The van der Waals surface area contributed by atoms with Crippen LogP contribution in [-0.4, -0.2) is 59.9 Å². The zero-order valence-electron chi connectivity index (χ0n) is 34.7. The maximum absolute atomic E-state index is 12.6. The van der Waals surface area contributed by atoms with Gasteiger partial charge in [0.15, 0.2) is 6.10 Å². The van der Waals surface area contributed by atoms with Crippen LogP contribution in [0.4, 0.5) is 0 Å². The Hall–Kier alpha value is -2.82. The largest absolute Gasteiger partial charge is 0.480 e. The van der Waals surface area contributed by atoms with Crippen LogP contribution in [0.1, 0.15) is 168 Å². The first-order valence-corrected chi connectivity index (χ1v) is 22.8. The fourth-order valence-electron chi connectivity index (χ4n) is 5.40. The van der Waals surface area contributed by atoms with Crippen LogP contribution in [0.5, 0.6) is 0 Å². The van der Waals surface area contributed by atoms with Crippen LogP contribution in [0.3, 0.4) is 0 Å². The third-order valence-corrected chi connectivity index (χ3v) is 9.70. The van der Waals surface area contributed by atoms with Gasteiger partial charge in [-0.15, -0.1) is 0 Å². The lowest BCUT2D eigenvalue weighted by molar-refractivity contribution is -0.161. The number of hydrogen-bond acceptors (Lipinski definition) is 9. The van der Waals surface area contributed by atoms with Crippen molar-refractivity contribution in [2.24, 2.45) is 5.73 Å². The SMILES string of the molecule is CC/C=C/C/C=C/C/C=C/C/C=C/CCCCC(=O)O[C@H](COC(=O)CCCCCCCCCCC/C=C/CCCCCC)COP(=O)(O)OC[C@H](N)C(=O)O. The Kier molecular flexibility index (Phi) is 37.1. The smallest absolute Gasteiger partial charge is 0.472 e. The highest BCUT2D eigenvalue weighted by molar-refractivity contribution is 7.47. The van der Waals surface area contributed by atoms with Crippen molar-refractivity contribution in [1.82, 2.24) is 0 Å². The van der Waals surface area contributed by atoms with Gasteiger partial charge in [0, 0.05) is 12.8 Å². The maximum Gasteiger partial charge on any atom is 0.472 e. The molecule has 0 aromatic rings. The predicted octanol–water partition coefficient (Wildman–Crippen LogP) is 11.2. The minimum Gasteiger partial charge on any atom is -0.480 e. The summed E-state index contributed by atoms with van der Waals surface area (Å²) in [5.74, 6) is -2.44. The summed E-state index contributed by atoms with van der Waals surface area (Å²) in [5.41, 5.74) is 5.33. The monoisotopic (exact) mass is 810 g/mol. The number of carboxylic acid groups (broad SMARTS) is 1. The molecule has 0 amide bonds. The molecule has 322 valence electrons. The second-order valence-corrected chi connectivity index (χ2v) is 15.5. The molecular formula is C44H76NO10P. The predicted molar refractivity (Wildman–Crippen MR) is 226 cm³/mol. The molecule has 0 aliphatic rings. The minimum atomic E-state index is -4.73. The number of rotatable bonds is 39. The minimum absolute atomic E-state index is 0.106. The number of carboxylic acids is 1.